The molecule has 5 N–H and O–H groups in total. The quantitative estimate of drug-likeness (QED) is 0.0447. The average Bonchev–Trinajstić information content (AvgIpc) is 4.21. The average molecular weight is 1080 g/mol. The van der Waals surface area contributed by atoms with E-state index in [9.17, 15) is 32.8 Å². The van der Waals surface area contributed by atoms with E-state index >= 15 is 0 Å². The highest BCUT2D eigenvalue weighted by atomic mass is 32.2. The summed E-state index contributed by atoms with van der Waals surface area (Å²) in [4.78, 5) is 51.8. The van der Waals surface area contributed by atoms with Crippen molar-refractivity contribution in [2.24, 2.45) is 11.3 Å². The Morgan fingerprint density at radius 3 is 2.49 bits per heavy atom. The zero-order valence-corrected chi connectivity index (χ0v) is 45.1. The van der Waals surface area contributed by atoms with E-state index in [0.717, 1.165) is 82.3 Å². The molecule has 4 aliphatic rings. The number of amides is 1. The summed E-state index contributed by atoms with van der Waals surface area (Å²) < 4.78 is 57.2. The van der Waals surface area contributed by atoms with Crippen LogP contribution in [-0.4, -0.2) is 117 Å². The number of carbonyl (C=O) groups is 1. The van der Waals surface area contributed by atoms with E-state index in [1.54, 1.807) is 26.2 Å². The summed E-state index contributed by atoms with van der Waals surface area (Å²) in [6, 6.07) is 20.9. The van der Waals surface area contributed by atoms with Crippen LogP contribution in [0.1, 0.15) is 111 Å². The van der Waals surface area contributed by atoms with Crippen molar-refractivity contribution >= 4 is 55.1 Å². The third kappa shape index (κ3) is 10.7. The Labute approximate surface area is 452 Å². The van der Waals surface area contributed by atoms with Gasteiger partial charge in [0.2, 0.25) is 5.88 Å². The number of piperidine rings is 1. The largest absolute Gasteiger partial charge is 0.481 e. The fourth-order valence-electron chi connectivity index (χ4n) is 12.4. The van der Waals surface area contributed by atoms with Gasteiger partial charge in [-0.1, -0.05) is 44.2 Å². The third-order valence-corrected chi connectivity index (χ3v) is 18.2. The topological polar surface area (TPSA) is 237 Å². The number of benzene rings is 3. The predicted molar refractivity (Wildman–Crippen MR) is 294 cm³/mol. The van der Waals surface area contributed by atoms with Gasteiger partial charge in [0.25, 0.3) is 21.6 Å². The molecule has 2 aliphatic carbocycles. The molecule has 1 unspecified atom stereocenters. The van der Waals surface area contributed by atoms with Crippen molar-refractivity contribution in [3.63, 3.8) is 0 Å². The van der Waals surface area contributed by atoms with E-state index in [4.69, 9.17) is 9.47 Å². The zero-order valence-electron chi connectivity index (χ0n) is 44.3. The number of aromatic amines is 2. The molecule has 410 valence electrons. The number of nitro groups is 1. The standard InChI is InChI=1S/C57H66FN11O8S/c1-35(2)41-7-5-6-8-42(41)47-33-66(32-37-9-12-50(76-4)59-29-37)21-22-68(47)39-26-57(27-39)17-19-67(20-18-57)38-10-11-43(48(23-38)77-40-24-44-45(58)31-62-54(44)61-30-40)55(70)65-78(74,75)49-25-46(69(72)73)51(53-52(49)63-34-64-53)60-28-36-13-15-56(3,71)16-14-36/h5-12,23-25,29-31,34-36,39,47,60,71H,13-22,26-28,32-33H2,1-4H3,(H,61,62)(H,63,64)(H,65,70)/t36-,47?,56-. The lowest BCUT2D eigenvalue weighted by Crippen LogP contribution is -2.60. The summed E-state index contributed by atoms with van der Waals surface area (Å²) in [7, 11) is -3.19. The Kier molecular flexibility index (Phi) is 14.4. The van der Waals surface area contributed by atoms with Gasteiger partial charge in [-0.3, -0.25) is 24.7 Å². The van der Waals surface area contributed by atoms with E-state index in [1.165, 1.54) is 42.0 Å². The number of hydrogen-bond donors (Lipinski definition) is 5. The molecule has 19 nitrogen and oxygen atoms in total. The molecule has 7 aromatic rings. The summed E-state index contributed by atoms with van der Waals surface area (Å²) in [5.74, 6) is -0.399. The molecule has 78 heavy (non-hydrogen) atoms. The Morgan fingerprint density at radius 1 is 0.974 bits per heavy atom. The molecule has 4 aromatic heterocycles. The number of nitrogens with zero attached hydrogens (tertiary/aromatic N) is 7. The Morgan fingerprint density at radius 2 is 1.76 bits per heavy atom. The van der Waals surface area contributed by atoms with Crippen LogP contribution < -0.4 is 24.4 Å². The number of anilines is 2. The molecular formula is C57H66FN11O8S. The number of hydrogen-bond acceptors (Lipinski definition) is 15. The van der Waals surface area contributed by atoms with Gasteiger partial charge in [-0.2, -0.15) is 0 Å². The Balaban J connectivity index is 0.810. The lowest BCUT2D eigenvalue weighted by Gasteiger charge is -2.58. The number of rotatable bonds is 16. The van der Waals surface area contributed by atoms with Crippen molar-refractivity contribution in [3.05, 3.63) is 130 Å². The second kappa shape index (κ2) is 21.2. The van der Waals surface area contributed by atoms with Crippen LogP contribution in [0.4, 0.5) is 21.5 Å². The van der Waals surface area contributed by atoms with Gasteiger partial charge in [-0.15, -0.1) is 0 Å². The van der Waals surface area contributed by atoms with E-state index in [1.807, 2.05) is 12.3 Å². The summed E-state index contributed by atoms with van der Waals surface area (Å²) >= 11 is 0. The number of aromatic nitrogens is 5. The van der Waals surface area contributed by atoms with Crippen LogP contribution in [-0.2, 0) is 16.6 Å². The molecule has 2 saturated heterocycles. The minimum absolute atomic E-state index is 0.00363. The van der Waals surface area contributed by atoms with Crippen LogP contribution in [0.15, 0.2) is 96.5 Å². The van der Waals surface area contributed by atoms with Crippen LogP contribution in [0.2, 0.25) is 0 Å². The minimum atomic E-state index is -4.82. The van der Waals surface area contributed by atoms with Crippen LogP contribution in [0.5, 0.6) is 17.4 Å². The van der Waals surface area contributed by atoms with Gasteiger partial charge >= 0.3 is 0 Å². The molecule has 2 aliphatic heterocycles. The van der Waals surface area contributed by atoms with Crippen LogP contribution >= 0.6 is 0 Å². The fourth-order valence-corrected chi connectivity index (χ4v) is 13.6. The summed E-state index contributed by atoms with van der Waals surface area (Å²) in [5.41, 5.74) is 3.76. The molecule has 6 heterocycles. The highest BCUT2D eigenvalue weighted by Crippen LogP contribution is 2.53. The molecule has 1 spiro atoms. The molecule has 1 amide bonds. The van der Waals surface area contributed by atoms with Gasteiger partial charge < -0.3 is 34.8 Å². The number of nitrogens with one attached hydrogen (secondary N) is 4. The van der Waals surface area contributed by atoms with Crippen molar-refractivity contribution < 1.29 is 37.1 Å². The molecule has 3 aromatic carbocycles. The first-order valence-electron chi connectivity index (χ1n) is 26.9. The molecule has 2 saturated carbocycles. The highest BCUT2D eigenvalue weighted by molar-refractivity contribution is 7.90. The summed E-state index contributed by atoms with van der Waals surface area (Å²) in [6.45, 7) is 11.8. The second-order valence-electron chi connectivity index (χ2n) is 22.4. The van der Waals surface area contributed by atoms with Gasteiger partial charge in [-0.25, -0.2) is 32.5 Å². The number of methoxy groups -OCH3 is 1. The molecule has 1 atom stereocenters. The number of aliphatic hydroxyl groups is 1. The van der Waals surface area contributed by atoms with E-state index < -0.39 is 42.9 Å². The van der Waals surface area contributed by atoms with Crippen molar-refractivity contribution in [2.45, 2.75) is 107 Å². The number of ether oxygens (including phenoxy) is 2. The van der Waals surface area contributed by atoms with Crippen LogP contribution in [0.3, 0.4) is 0 Å². The molecule has 4 fully saturated rings. The maximum atomic E-state index is 14.8. The maximum absolute atomic E-state index is 14.8. The monoisotopic (exact) mass is 1080 g/mol. The van der Waals surface area contributed by atoms with E-state index in [-0.39, 0.29) is 56.5 Å². The van der Waals surface area contributed by atoms with Gasteiger partial charge in [0.15, 0.2) is 0 Å². The minimum Gasteiger partial charge on any atom is -0.481 e. The highest BCUT2D eigenvalue weighted by Gasteiger charge is 2.50. The first kappa shape index (κ1) is 52.8. The number of pyridine rings is 2. The van der Waals surface area contributed by atoms with Gasteiger partial charge in [0, 0.05) is 94.2 Å². The number of H-pyrrole nitrogens is 2. The Hall–Kier alpha value is -7.20. The van der Waals surface area contributed by atoms with E-state index in [0.29, 0.717) is 55.7 Å². The van der Waals surface area contributed by atoms with Crippen molar-refractivity contribution in [3.8, 4) is 17.4 Å². The summed E-state index contributed by atoms with van der Waals surface area (Å²) in [5, 5.41) is 26.3. The number of piperazine rings is 1. The normalized spacial score (nSPS) is 21.2. The smallest absolute Gasteiger partial charge is 0.296 e. The molecule has 0 bridgehead atoms. The number of sulfonamides is 1. The number of carbonyl (C=O) groups excluding carboxylic acids is 1. The van der Waals surface area contributed by atoms with Crippen molar-refractivity contribution in [1.82, 2.24) is 39.4 Å². The van der Waals surface area contributed by atoms with Gasteiger partial charge in [0.1, 0.15) is 39.1 Å². The lowest BCUT2D eigenvalue weighted by molar-refractivity contribution is -0.384. The lowest BCUT2D eigenvalue weighted by atomic mass is 9.59. The first-order chi connectivity index (χ1) is 37.4. The van der Waals surface area contributed by atoms with Gasteiger partial charge in [0.05, 0.1) is 46.6 Å². The first-order valence-corrected chi connectivity index (χ1v) is 28.4. The predicted octanol–water partition coefficient (Wildman–Crippen LogP) is 9.59. The van der Waals surface area contributed by atoms with Crippen molar-refractivity contribution in [1.29, 1.82) is 0 Å². The SMILES string of the molecule is COc1ccc(CN2CCN(C3CC4(CCN(c5ccc(C(=O)NS(=O)(=O)c6cc([N+](=O)[O-])c(NC[C@H]7CC[C@](C)(O)CC7)c7[nH]cnc67)c(Oc6cnc7[nH]cc(F)c7c6)c5)CC4)C3)C(c3ccccc3C(C)C)C2)cn1. The fraction of sp³-hybridized carbons (Fsp3) is 0.439. The second-order valence-corrected chi connectivity index (χ2v) is 24.1. The number of imidazole rings is 1. The number of halogens is 1. The summed E-state index contributed by atoms with van der Waals surface area (Å²) in [6.07, 6.45) is 12.4. The van der Waals surface area contributed by atoms with Gasteiger partial charge in [-0.05, 0) is 110 Å². The third-order valence-electron chi connectivity index (χ3n) is 16.9. The van der Waals surface area contributed by atoms with Crippen LogP contribution in [0, 0.1) is 27.3 Å². The zero-order chi connectivity index (χ0) is 54.5. The maximum Gasteiger partial charge on any atom is 0.296 e. The van der Waals surface area contributed by atoms with Crippen molar-refractivity contribution in [2.75, 3.05) is 56.6 Å². The molecule has 11 rings (SSSR count). The Bertz CT molecular complexity index is 3470. The number of fused-ring (bicyclic) bond motifs is 2. The van der Waals surface area contributed by atoms with Crippen LogP contribution in [0.25, 0.3) is 22.1 Å². The van der Waals surface area contributed by atoms with E-state index in [2.05, 4.69) is 93.8 Å². The molecule has 21 heteroatoms. The molecule has 0 radical (unpaired) electrons. The number of nitro benzene ring substituents is 1. The molecular weight excluding hydrogens is 1020 g/mol.